The molecule has 12 atom stereocenters. The smallest absolute Gasteiger partial charge is 0.246 e. The Balaban J connectivity index is 0.00000469. The Kier molecular flexibility index (Phi) is 21.9. The highest BCUT2D eigenvalue weighted by Gasteiger charge is 2.57. The van der Waals surface area contributed by atoms with Gasteiger partial charge in [-0.05, 0) is 111 Å². The van der Waals surface area contributed by atoms with E-state index in [1.807, 2.05) is 24.3 Å². The molecular weight excluding hydrogens is 1050 g/mol. The molecule has 4 saturated heterocycles. The van der Waals surface area contributed by atoms with Gasteiger partial charge < -0.3 is 51.2 Å². The third kappa shape index (κ3) is 13.7. The fraction of sp³-hybridized carbons (Fsp3) is 0.679. The van der Waals surface area contributed by atoms with Crippen LogP contribution in [0.2, 0.25) is 0 Å². The van der Waals surface area contributed by atoms with Crippen LogP contribution >= 0.6 is 48.3 Å². The van der Waals surface area contributed by atoms with Crippen LogP contribution in [-0.2, 0) is 51.1 Å². The van der Waals surface area contributed by atoms with Crippen LogP contribution in [0.3, 0.4) is 0 Å². The quantitative estimate of drug-likeness (QED) is 0.0783. The number of nitrogens with one attached hydrogen (secondary N) is 6. The van der Waals surface area contributed by atoms with E-state index in [1.165, 1.54) is 0 Å². The van der Waals surface area contributed by atoms with Gasteiger partial charge in [0.2, 0.25) is 35.4 Å². The van der Waals surface area contributed by atoms with E-state index in [2.05, 4.69) is 83.9 Å². The first-order valence-electron chi connectivity index (χ1n) is 27.3. The number of fused-ring (bicyclic) bond motifs is 4. The predicted molar refractivity (Wildman–Crippen MR) is 304 cm³/mol. The first kappa shape index (κ1) is 61.6. The summed E-state index contributed by atoms with van der Waals surface area (Å²) in [6.45, 7) is 12.9. The number of thioether (sulfide) groups is 2. The van der Waals surface area contributed by atoms with Crippen LogP contribution in [0.25, 0.3) is 0 Å². The average Bonchev–Trinajstić information content (AvgIpc) is 4.02. The fourth-order valence-corrected chi connectivity index (χ4v) is 15.3. The van der Waals surface area contributed by atoms with Gasteiger partial charge in [0.1, 0.15) is 24.2 Å². The fourth-order valence-electron chi connectivity index (χ4n) is 12.2. The number of amides is 6. The standard InChI is InChI=1S/C56H82N8O8S2.2ClH/c1-33(57-7)49(65)59-39-23-27-73-43-31-55(3,4)47(63(43)53(39)69)51(67)61-45-37-21-15-13-19-35(37)29-41(45)71-25-17-11-9-10-12-18-26-72-42-30-36-20-14-16-22-38(36)46(42)62-52(68)48-56(5,6)32-44-64(48)54(70)40(24-28-74-44)60-50(66)34(2)58-8;;/h13-16,19-22,33-34,39-48,57-58H,9-12,17-18,23-32H2,1-8H3,(H,59,65)(H,60,66)(H,61,67)(H,62,68);2*1H/t33-,34-,39-,40-,41+,42+,43-,44-,45-,46-,47+,48+;;/m0../s1. The lowest BCUT2D eigenvalue weighted by Crippen LogP contribution is -2.58. The molecule has 6 N–H and O–H groups in total. The van der Waals surface area contributed by atoms with Gasteiger partial charge in [0.25, 0.3) is 0 Å². The molecule has 2 aromatic carbocycles. The second-order valence-corrected chi connectivity index (χ2v) is 25.3. The number of ether oxygens (including phenoxy) is 2. The molecule has 4 aliphatic heterocycles. The molecule has 0 radical (unpaired) electrons. The van der Waals surface area contributed by atoms with Crippen LogP contribution in [0.15, 0.2) is 48.5 Å². The van der Waals surface area contributed by atoms with Crippen molar-refractivity contribution in [1.82, 2.24) is 41.7 Å². The van der Waals surface area contributed by atoms with Gasteiger partial charge in [-0.25, -0.2) is 0 Å². The Bertz CT molecular complexity index is 2210. The van der Waals surface area contributed by atoms with Crippen molar-refractivity contribution < 1.29 is 38.2 Å². The monoisotopic (exact) mass is 1130 g/mol. The summed E-state index contributed by atoms with van der Waals surface area (Å²) in [4.78, 5) is 86.7. The molecule has 422 valence electrons. The molecule has 76 heavy (non-hydrogen) atoms. The number of carbonyl (C=O) groups is 6. The second kappa shape index (κ2) is 27.0. The number of hydrogen-bond donors (Lipinski definition) is 6. The summed E-state index contributed by atoms with van der Waals surface area (Å²) < 4.78 is 13.2. The van der Waals surface area contributed by atoms with Crippen LogP contribution in [0.5, 0.6) is 0 Å². The molecular formula is C56H84Cl2N8O8S2. The predicted octanol–water partition coefficient (Wildman–Crippen LogP) is 6.13. The van der Waals surface area contributed by atoms with Gasteiger partial charge in [0.15, 0.2) is 0 Å². The minimum Gasteiger partial charge on any atom is -0.375 e. The van der Waals surface area contributed by atoms with E-state index in [-0.39, 0.29) is 95.3 Å². The van der Waals surface area contributed by atoms with E-state index < -0.39 is 47.1 Å². The van der Waals surface area contributed by atoms with Crippen molar-refractivity contribution in [2.24, 2.45) is 10.8 Å². The van der Waals surface area contributed by atoms with E-state index in [1.54, 1.807) is 61.3 Å². The number of hydrogen-bond acceptors (Lipinski definition) is 12. The van der Waals surface area contributed by atoms with Crippen LogP contribution in [0, 0.1) is 10.8 Å². The molecule has 16 nitrogen and oxygen atoms in total. The van der Waals surface area contributed by atoms with Gasteiger partial charge in [-0.3, -0.25) is 28.8 Å². The van der Waals surface area contributed by atoms with Crippen molar-refractivity contribution in [3.8, 4) is 0 Å². The van der Waals surface area contributed by atoms with E-state index >= 15 is 0 Å². The highest BCUT2D eigenvalue weighted by atomic mass is 35.5. The maximum absolute atomic E-state index is 14.5. The summed E-state index contributed by atoms with van der Waals surface area (Å²) >= 11 is 3.38. The summed E-state index contributed by atoms with van der Waals surface area (Å²) in [6.07, 6.45) is 9.26. The van der Waals surface area contributed by atoms with Crippen molar-refractivity contribution in [1.29, 1.82) is 0 Å². The molecule has 0 aromatic heterocycles. The second-order valence-electron chi connectivity index (χ2n) is 22.8. The Labute approximate surface area is 471 Å². The molecule has 2 aromatic rings. The molecule has 4 heterocycles. The van der Waals surface area contributed by atoms with Crippen LogP contribution in [-0.4, -0.2) is 143 Å². The van der Waals surface area contributed by atoms with Gasteiger partial charge in [0, 0.05) is 26.1 Å². The van der Waals surface area contributed by atoms with Crippen molar-refractivity contribution in [3.05, 3.63) is 70.8 Å². The molecule has 0 saturated carbocycles. The molecule has 20 heteroatoms. The molecule has 6 aliphatic rings. The molecule has 0 bridgehead atoms. The normalized spacial score (nSPS) is 28.7. The third-order valence-electron chi connectivity index (χ3n) is 16.5. The Hall–Kier alpha value is -3.62. The minimum atomic E-state index is -0.693. The zero-order chi connectivity index (χ0) is 52.9. The zero-order valence-electron chi connectivity index (χ0n) is 45.7. The lowest BCUT2D eigenvalue weighted by Gasteiger charge is -2.35. The minimum absolute atomic E-state index is 0. The molecule has 2 aliphatic carbocycles. The van der Waals surface area contributed by atoms with Crippen molar-refractivity contribution in [2.75, 3.05) is 38.8 Å². The first-order chi connectivity index (χ1) is 35.4. The van der Waals surface area contributed by atoms with Crippen molar-refractivity contribution in [3.63, 3.8) is 0 Å². The summed E-state index contributed by atoms with van der Waals surface area (Å²) in [6, 6.07) is 12.0. The third-order valence-corrected chi connectivity index (χ3v) is 19.0. The Morgan fingerprint density at radius 3 is 1.34 bits per heavy atom. The number of halogens is 2. The van der Waals surface area contributed by atoms with Crippen molar-refractivity contribution in [2.45, 2.75) is 190 Å². The van der Waals surface area contributed by atoms with Gasteiger partial charge in [0.05, 0.1) is 47.1 Å². The average molecular weight is 1130 g/mol. The number of carbonyl (C=O) groups excluding carboxylic acids is 6. The Morgan fingerprint density at radius 2 is 0.961 bits per heavy atom. The summed E-state index contributed by atoms with van der Waals surface area (Å²) in [7, 11) is 3.43. The number of unbranched alkanes of at least 4 members (excludes halogenated alkanes) is 5. The van der Waals surface area contributed by atoms with E-state index in [0.29, 0.717) is 63.2 Å². The first-order valence-corrected chi connectivity index (χ1v) is 29.4. The maximum atomic E-state index is 14.5. The van der Waals surface area contributed by atoms with Gasteiger partial charge in [-0.2, -0.15) is 0 Å². The number of benzene rings is 2. The van der Waals surface area contributed by atoms with Crippen LogP contribution in [0.1, 0.15) is 140 Å². The maximum Gasteiger partial charge on any atom is 0.246 e. The number of likely N-dealkylation sites (N-methyl/N-ethyl adjacent to an activating group) is 2. The molecule has 4 fully saturated rings. The summed E-state index contributed by atoms with van der Waals surface area (Å²) in [5.41, 5.74) is 3.46. The molecule has 8 rings (SSSR count). The number of rotatable bonds is 21. The van der Waals surface area contributed by atoms with Crippen molar-refractivity contribution >= 4 is 83.8 Å². The van der Waals surface area contributed by atoms with Crippen LogP contribution < -0.4 is 31.9 Å². The molecule has 0 unspecified atom stereocenters. The summed E-state index contributed by atoms with van der Waals surface area (Å²) in [5.74, 6) is 0.189. The van der Waals surface area contributed by atoms with Gasteiger partial charge in [-0.15, -0.1) is 48.3 Å². The van der Waals surface area contributed by atoms with Gasteiger partial charge >= 0.3 is 0 Å². The summed E-state index contributed by atoms with van der Waals surface area (Å²) in [5, 5.41) is 18.3. The van der Waals surface area contributed by atoms with E-state index in [9.17, 15) is 28.8 Å². The molecule has 0 spiro atoms. The van der Waals surface area contributed by atoms with E-state index in [0.717, 1.165) is 60.8 Å². The Morgan fingerprint density at radius 1 is 0.592 bits per heavy atom. The highest BCUT2D eigenvalue weighted by Crippen LogP contribution is 2.48. The van der Waals surface area contributed by atoms with E-state index in [4.69, 9.17) is 9.47 Å². The SMILES string of the molecule is CN[C@@H](C)C(=O)N[C@H]1CCS[C@H]2CC(C)(C)[C@@H](C(=O)N[C@H]3c4ccccc4C[C@H]3OCCCCCCCCO[C@@H]3Cc4ccccc4[C@@H]3NC(=O)[C@H]3N4C(=O)[C@@H](NC(=O)[C@H](C)NC)CCS[C@H]4CC3(C)C)N2C1=O.Cl.Cl. The lowest BCUT2D eigenvalue weighted by atomic mass is 9.83. The topological polar surface area (TPSA) is 200 Å². The molecule has 6 amide bonds. The number of nitrogens with zero attached hydrogens (tertiary/aromatic N) is 2. The zero-order valence-corrected chi connectivity index (χ0v) is 48.9. The highest BCUT2D eigenvalue weighted by molar-refractivity contribution is 8.00. The van der Waals surface area contributed by atoms with Crippen LogP contribution in [0.4, 0.5) is 0 Å². The lowest BCUT2D eigenvalue weighted by molar-refractivity contribution is -0.144. The largest absolute Gasteiger partial charge is 0.375 e. The van der Waals surface area contributed by atoms with Gasteiger partial charge in [-0.1, -0.05) is 102 Å².